The van der Waals surface area contributed by atoms with E-state index in [1.807, 2.05) is 48.5 Å². The van der Waals surface area contributed by atoms with E-state index in [9.17, 15) is 4.79 Å². The lowest BCUT2D eigenvalue weighted by Gasteiger charge is -2.32. The molecule has 1 amide bonds. The summed E-state index contributed by atoms with van der Waals surface area (Å²) >= 11 is 0. The second-order valence-electron chi connectivity index (χ2n) is 7.65. The summed E-state index contributed by atoms with van der Waals surface area (Å²) in [6.07, 6.45) is 4.48. The zero-order chi connectivity index (χ0) is 19.4. The van der Waals surface area contributed by atoms with Crippen LogP contribution in [0.25, 0.3) is 0 Å². The van der Waals surface area contributed by atoms with Crippen LogP contribution in [0.1, 0.15) is 42.9 Å². The third-order valence-corrected chi connectivity index (χ3v) is 5.22. The summed E-state index contributed by atoms with van der Waals surface area (Å²) in [5.74, 6) is 1.61. The smallest absolute Gasteiger partial charge is 0.323 e. The topological polar surface area (TPSA) is 80.3 Å². The Labute approximate surface area is 160 Å². The van der Waals surface area contributed by atoms with Gasteiger partial charge < -0.3 is 14.3 Å². The van der Waals surface area contributed by atoms with Crippen LogP contribution in [0.15, 0.2) is 10.6 Å². The van der Waals surface area contributed by atoms with Crippen molar-refractivity contribution in [3.05, 3.63) is 23.3 Å². The van der Waals surface area contributed by atoms with Gasteiger partial charge in [-0.25, -0.2) is 0 Å². The van der Waals surface area contributed by atoms with E-state index in [0.717, 1.165) is 56.0 Å². The number of carbonyl (C=O) groups is 1. The van der Waals surface area contributed by atoms with Crippen LogP contribution in [0, 0.1) is 19.8 Å². The van der Waals surface area contributed by atoms with Crippen molar-refractivity contribution >= 4 is 11.9 Å². The van der Waals surface area contributed by atoms with Crippen molar-refractivity contribution in [1.29, 1.82) is 0 Å². The molecule has 0 unspecified atom stereocenters. The van der Waals surface area contributed by atoms with Crippen LogP contribution in [0.2, 0.25) is 0 Å². The highest BCUT2D eigenvalue weighted by Crippen LogP contribution is 2.23. The fourth-order valence-corrected chi connectivity index (χ4v) is 3.59. The van der Waals surface area contributed by atoms with Gasteiger partial charge >= 0.3 is 6.01 Å². The zero-order valence-corrected chi connectivity index (χ0v) is 16.8. The standard InChI is InChI=1S/C19H30N6O2/c1-14-13-15(2)25(21-14)12-9-18(26)24-10-7-16(8-11-24)5-6-17-20-19(23(3)4)27-22-17/h13,16H,5-12H2,1-4H3. The molecule has 1 fully saturated rings. The summed E-state index contributed by atoms with van der Waals surface area (Å²) in [5.41, 5.74) is 2.11. The minimum Gasteiger partial charge on any atom is -0.343 e. The van der Waals surface area contributed by atoms with Gasteiger partial charge in [-0.15, -0.1) is 0 Å². The van der Waals surface area contributed by atoms with E-state index in [1.54, 1.807) is 0 Å². The molecule has 0 aliphatic carbocycles. The Bertz CT molecular complexity index is 758. The number of nitrogens with zero attached hydrogens (tertiary/aromatic N) is 6. The van der Waals surface area contributed by atoms with E-state index >= 15 is 0 Å². The Morgan fingerprint density at radius 1 is 1.30 bits per heavy atom. The van der Waals surface area contributed by atoms with Crippen molar-refractivity contribution in [3.63, 3.8) is 0 Å². The molecule has 2 aromatic rings. The lowest BCUT2D eigenvalue weighted by molar-refractivity contribution is -0.132. The van der Waals surface area contributed by atoms with Gasteiger partial charge in [0.05, 0.1) is 5.69 Å². The second-order valence-corrected chi connectivity index (χ2v) is 7.65. The summed E-state index contributed by atoms with van der Waals surface area (Å²) < 4.78 is 7.12. The Morgan fingerprint density at radius 3 is 2.63 bits per heavy atom. The van der Waals surface area contributed by atoms with E-state index in [-0.39, 0.29) is 5.91 Å². The number of piperidine rings is 1. The van der Waals surface area contributed by atoms with Crippen molar-refractivity contribution in [2.24, 2.45) is 5.92 Å². The Kier molecular flexibility index (Phi) is 6.13. The first-order valence-electron chi connectivity index (χ1n) is 9.71. The number of carbonyl (C=O) groups excluding carboxylic acids is 1. The van der Waals surface area contributed by atoms with Gasteiger partial charge in [0.2, 0.25) is 5.91 Å². The number of amides is 1. The maximum absolute atomic E-state index is 12.5. The van der Waals surface area contributed by atoms with Crippen molar-refractivity contribution in [2.45, 2.75) is 52.5 Å². The summed E-state index contributed by atoms with van der Waals surface area (Å²) in [4.78, 5) is 20.7. The van der Waals surface area contributed by atoms with Gasteiger partial charge in [0.1, 0.15) is 0 Å². The van der Waals surface area contributed by atoms with Crippen LogP contribution in [0.4, 0.5) is 6.01 Å². The molecule has 0 radical (unpaired) electrons. The predicted octanol–water partition coefficient (Wildman–Crippen LogP) is 2.21. The molecule has 1 aliphatic rings. The highest BCUT2D eigenvalue weighted by molar-refractivity contribution is 5.76. The number of aryl methyl sites for hydroxylation is 4. The number of aromatic nitrogens is 4. The zero-order valence-electron chi connectivity index (χ0n) is 16.8. The molecule has 0 atom stereocenters. The molecule has 2 aromatic heterocycles. The van der Waals surface area contributed by atoms with Crippen LogP contribution in [0.3, 0.4) is 0 Å². The first kappa shape index (κ1) is 19.4. The van der Waals surface area contributed by atoms with E-state index in [2.05, 4.69) is 15.2 Å². The molecule has 3 rings (SSSR count). The summed E-state index contributed by atoms with van der Waals surface area (Å²) in [7, 11) is 3.78. The van der Waals surface area contributed by atoms with Gasteiger partial charge in [0.25, 0.3) is 0 Å². The summed E-state index contributed by atoms with van der Waals surface area (Å²) in [6, 6.07) is 2.59. The van der Waals surface area contributed by atoms with Crippen LogP contribution < -0.4 is 4.90 Å². The summed E-state index contributed by atoms with van der Waals surface area (Å²) in [6.45, 7) is 6.35. The van der Waals surface area contributed by atoms with E-state index in [0.29, 0.717) is 24.9 Å². The van der Waals surface area contributed by atoms with E-state index in [1.165, 1.54) is 0 Å². The Hall–Kier alpha value is -2.38. The van der Waals surface area contributed by atoms with E-state index in [4.69, 9.17) is 4.52 Å². The average Bonchev–Trinajstić information content (AvgIpc) is 3.24. The lowest BCUT2D eigenvalue weighted by atomic mass is 9.92. The molecule has 8 nitrogen and oxygen atoms in total. The molecular formula is C19H30N6O2. The fourth-order valence-electron chi connectivity index (χ4n) is 3.59. The van der Waals surface area contributed by atoms with Crippen molar-refractivity contribution < 1.29 is 9.32 Å². The van der Waals surface area contributed by atoms with Crippen molar-refractivity contribution in [3.8, 4) is 0 Å². The normalized spacial score (nSPS) is 15.3. The average molecular weight is 374 g/mol. The van der Waals surface area contributed by atoms with Gasteiger partial charge in [0.15, 0.2) is 5.82 Å². The number of anilines is 1. The van der Waals surface area contributed by atoms with Gasteiger partial charge in [-0.2, -0.15) is 10.1 Å². The minimum absolute atomic E-state index is 0.231. The molecule has 8 heteroatoms. The van der Waals surface area contributed by atoms with Gasteiger partial charge in [-0.05, 0) is 45.1 Å². The number of rotatable bonds is 7. The molecule has 0 saturated carbocycles. The SMILES string of the molecule is Cc1cc(C)n(CCC(=O)N2CCC(CCc3noc(N(C)C)n3)CC2)n1. The molecular weight excluding hydrogens is 344 g/mol. The molecule has 0 aromatic carbocycles. The Morgan fingerprint density at radius 2 is 2.04 bits per heavy atom. The Balaban J connectivity index is 1.38. The highest BCUT2D eigenvalue weighted by Gasteiger charge is 2.23. The molecule has 1 saturated heterocycles. The molecule has 0 spiro atoms. The third-order valence-electron chi connectivity index (χ3n) is 5.22. The molecule has 148 valence electrons. The van der Waals surface area contributed by atoms with Crippen molar-refractivity contribution in [2.75, 3.05) is 32.1 Å². The fraction of sp³-hybridized carbons (Fsp3) is 0.684. The summed E-state index contributed by atoms with van der Waals surface area (Å²) in [5, 5.41) is 8.45. The molecule has 3 heterocycles. The van der Waals surface area contributed by atoms with Gasteiger partial charge in [-0.1, -0.05) is 5.16 Å². The van der Waals surface area contributed by atoms with Gasteiger partial charge in [0, 0.05) is 52.3 Å². The maximum atomic E-state index is 12.5. The van der Waals surface area contributed by atoms with Crippen molar-refractivity contribution in [1.82, 2.24) is 24.8 Å². The molecule has 0 bridgehead atoms. The first-order valence-corrected chi connectivity index (χ1v) is 9.71. The van der Waals surface area contributed by atoms with Crippen LogP contribution in [0.5, 0.6) is 0 Å². The third kappa shape index (κ3) is 5.08. The van der Waals surface area contributed by atoms with Crippen LogP contribution >= 0.6 is 0 Å². The van der Waals surface area contributed by atoms with Gasteiger partial charge in [-0.3, -0.25) is 9.48 Å². The maximum Gasteiger partial charge on any atom is 0.323 e. The highest BCUT2D eigenvalue weighted by atomic mass is 16.5. The minimum atomic E-state index is 0.231. The monoisotopic (exact) mass is 374 g/mol. The second kappa shape index (κ2) is 8.54. The quantitative estimate of drug-likeness (QED) is 0.739. The molecule has 0 N–H and O–H groups in total. The number of hydrogen-bond acceptors (Lipinski definition) is 6. The predicted molar refractivity (Wildman–Crippen MR) is 103 cm³/mol. The largest absolute Gasteiger partial charge is 0.343 e. The first-order chi connectivity index (χ1) is 12.9. The lowest BCUT2D eigenvalue weighted by Crippen LogP contribution is -2.39. The number of hydrogen-bond donors (Lipinski definition) is 0. The molecule has 1 aliphatic heterocycles. The van der Waals surface area contributed by atoms with Crippen LogP contribution in [-0.2, 0) is 17.8 Å². The number of likely N-dealkylation sites (tertiary alicyclic amines) is 1. The van der Waals surface area contributed by atoms with Crippen LogP contribution in [-0.4, -0.2) is 57.9 Å². The van der Waals surface area contributed by atoms with E-state index < -0.39 is 0 Å². The molecule has 27 heavy (non-hydrogen) atoms.